The summed E-state index contributed by atoms with van der Waals surface area (Å²) in [4.78, 5) is 0. The molecule has 0 aliphatic heterocycles. The summed E-state index contributed by atoms with van der Waals surface area (Å²) in [5, 5.41) is 0. The molecule has 0 aliphatic carbocycles. The van der Waals surface area contributed by atoms with Gasteiger partial charge in [0.15, 0.2) is 0 Å². The van der Waals surface area contributed by atoms with E-state index in [4.69, 9.17) is 0 Å². The molecule has 0 heterocycles. The minimum absolute atomic E-state index is 0.532. The number of hydrogen-bond acceptors (Lipinski definition) is 0. The molecule has 0 bridgehead atoms. The molecule has 2 unspecified atom stereocenters. The van der Waals surface area contributed by atoms with E-state index in [0.717, 1.165) is 35.5 Å². The van der Waals surface area contributed by atoms with Crippen molar-refractivity contribution in [1.82, 2.24) is 0 Å². The van der Waals surface area contributed by atoms with E-state index in [2.05, 4.69) is 138 Å². The van der Waals surface area contributed by atoms with Gasteiger partial charge in [-0.05, 0) is 102 Å². The Morgan fingerprint density at radius 1 is 0.341 bits per heavy atom. The van der Waals surface area contributed by atoms with Crippen molar-refractivity contribution in [1.29, 1.82) is 0 Å². The Kier molecular flexibility index (Phi) is 26.6. The van der Waals surface area contributed by atoms with Crippen molar-refractivity contribution in [3.8, 4) is 0 Å². The summed E-state index contributed by atoms with van der Waals surface area (Å²) < 4.78 is 0. The Labute approximate surface area is 284 Å². The molecule has 0 fully saturated rings. The number of rotatable bonds is 19. The van der Waals surface area contributed by atoms with Crippen LogP contribution in [0.1, 0.15) is 228 Å². The molecule has 0 aromatic carbocycles. The molecule has 0 rings (SSSR count). The third-order valence-corrected chi connectivity index (χ3v) is 8.88. The third-order valence-electron chi connectivity index (χ3n) is 8.88. The van der Waals surface area contributed by atoms with Gasteiger partial charge in [0.2, 0.25) is 0 Å². The predicted molar refractivity (Wildman–Crippen MR) is 209 cm³/mol. The Hall–Kier alpha value is 0. The van der Waals surface area contributed by atoms with Gasteiger partial charge in [-0.25, -0.2) is 0 Å². The van der Waals surface area contributed by atoms with E-state index in [1.807, 2.05) is 0 Å². The van der Waals surface area contributed by atoms with Gasteiger partial charge in [0, 0.05) is 0 Å². The van der Waals surface area contributed by atoms with Gasteiger partial charge in [0.25, 0.3) is 0 Å². The fourth-order valence-electron chi connectivity index (χ4n) is 7.13. The lowest BCUT2D eigenvalue weighted by atomic mass is 9.76. The highest BCUT2D eigenvalue weighted by Crippen LogP contribution is 2.35. The maximum absolute atomic E-state index is 2.44. The van der Waals surface area contributed by atoms with E-state index in [1.165, 1.54) is 89.9 Å². The molecular weight excluding hydrogens is 528 g/mol. The fraction of sp³-hybridized carbons (Fsp3) is 1.00. The molecule has 0 aromatic rings. The molecule has 0 saturated carbocycles. The summed E-state index contributed by atoms with van der Waals surface area (Å²) >= 11 is 0. The third kappa shape index (κ3) is 42.0. The Bertz CT molecular complexity index is 597. The average molecular weight is 623 g/mol. The highest BCUT2D eigenvalue weighted by atomic mass is 14.3. The Balaban J connectivity index is -0.000000574. The molecule has 0 radical (unpaired) electrons. The minimum atomic E-state index is 0.532. The molecule has 0 spiro atoms. The normalized spacial score (nSPS) is 14.5. The summed E-state index contributed by atoms with van der Waals surface area (Å²) in [6.07, 6.45) is 19.5. The Morgan fingerprint density at radius 2 is 0.750 bits per heavy atom. The standard InChI is InChI=1S/2C15H32.C14H30/c1-12(2)8-9-15(6,7)11-14(5)10-13(3)4;1-12(2)8-9-14(5)11-15(6,7)10-13(3)4;1-13(2,3)11-9-7-8-10-12-14(4,5)6/h2*12-14H,8-11H2,1-7H3;7-12H2,1-6H3. The first-order chi connectivity index (χ1) is 19.7. The molecule has 270 valence electrons. The number of unbranched alkanes of at least 4 members (excludes halogenated alkanes) is 3. The van der Waals surface area contributed by atoms with Crippen molar-refractivity contribution in [3.63, 3.8) is 0 Å². The topological polar surface area (TPSA) is 0 Å². The van der Waals surface area contributed by atoms with Crippen LogP contribution in [0.5, 0.6) is 0 Å². The van der Waals surface area contributed by atoms with Gasteiger partial charge in [-0.3, -0.25) is 0 Å². The molecule has 2 atom stereocenters. The van der Waals surface area contributed by atoms with E-state index in [-0.39, 0.29) is 0 Å². The summed E-state index contributed by atoms with van der Waals surface area (Å²) in [5.41, 5.74) is 2.14. The first kappa shape index (κ1) is 48.4. The van der Waals surface area contributed by atoms with E-state index in [1.54, 1.807) is 0 Å². The second-order valence-electron chi connectivity index (χ2n) is 21.1. The molecule has 0 amide bonds. The lowest BCUT2D eigenvalue weighted by Crippen LogP contribution is -2.18. The summed E-state index contributed by atoms with van der Waals surface area (Å²) in [6.45, 7) is 47.2. The van der Waals surface area contributed by atoms with Gasteiger partial charge in [0.05, 0.1) is 0 Å². The number of hydrogen-bond donors (Lipinski definition) is 0. The van der Waals surface area contributed by atoms with Crippen LogP contribution in [0.2, 0.25) is 0 Å². The van der Waals surface area contributed by atoms with Crippen LogP contribution >= 0.6 is 0 Å². The average Bonchev–Trinajstić information content (AvgIpc) is 2.76. The SMILES string of the molecule is CC(C)(C)CCCCCCC(C)(C)C.CC(C)CCC(C)(C)CC(C)CC(C)C.CC(C)CCC(C)CC(C)(C)CC(C)C. The first-order valence-electron chi connectivity index (χ1n) is 19.7. The summed E-state index contributed by atoms with van der Waals surface area (Å²) in [5.74, 6) is 5.16. The monoisotopic (exact) mass is 623 g/mol. The first-order valence-corrected chi connectivity index (χ1v) is 19.7. The van der Waals surface area contributed by atoms with E-state index >= 15 is 0 Å². The second-order valence-corrected chi connectivity index (χ2v) is 21.1. The van der Waals surface area contributed by atoms with Crippen LogP contribution in [0.3, 0.4) is 0 Å². The van der Waals surface area contributed by atoms with Gasteiger partial charge in [-0.1, -0.05) is 183 Å². The summed E-state index contributed by atoms with van der Waals surface area (Å²) in [6, 6.07) is 0. The molecule has 44 heavy (non-hydrogen) atoms. The lowest BCUT2D eigenvalue weighted by Gasteiger charge is -2.30. The van der Waals surface area contributed by atoms with Gasteiger partial charge in [0.1, 0.15) is 0 Å². The van der Waals surface area contributed by atoms with Crippen molar-refractivity contribution in [2.75, 3.05) is 0 Å². The zero-order valence-corrected chi connectivity index (χ0v) is 35.4. The van der Waals surface area contributed by atoms with Crippen molar-refractivity contribution in [2.45, 2.75) is 228 Å². The van der Waals surface area contributed by atoms with Crippen LogP contribution in [0.15, 0.2) is 0 Å². The van der Waals surface area contributed by atoms with E-state index in [9.17, 15) is 0 Å². The van der Waals surface area contributed by atoms with E-state index in [0.29, 0.717) is 21.7 Å². The molecular formula is C44H94. The quantitative estimate of drug-likeness (QED) is 0.126. The van der Waals surface area contributed by atoms with Crippen molar-refractivity contribution in [3.05, 3.63) is 0 Å². The van der Waals surface area contributed by atoms with Crippen molar-refractivity contribution >= 4 is 0 Å². The van der Waals surface area contributed by atoms with Crippen molar-refractivity contribution < 1.29 is 0 Å². The maximum atomic E-state index is 2.44. The van der Waals surface area contributed by atoms with Crippen molar-refractivity contribution in [2.24, 2.45) is 57.2 Å². The van der Waals surface area contributed by atoms with Gasteiger partial charge in [-0.15, -0.1) is 0 Å². The van der Waals surface area contributed by atoms with Crippen LogP contribution in [0, 0.1) is 57.2 Å². The lowest BCUT2D eigenvalue weighted by molar-refractivity contribution is 0.216. The Morgan fingerprint density at radius 3 is 1.09 bits per heavy atom. The molecule has 0 nitrogen and oxygen atoms in total. The summed E-state index contributed by atoms with van der Waals surface area (Å²) in [7, 11) is 0. The predicted octanol–water partition coefficient (Wildman–Crippen LogP) is 16.5. The zero-order valence-electron chi connectivity index (χ0n) is 35.4. The highest BCUT2D eigenvalue weighted by Gasteiger charge is 2.23. The molecule has 0 aromatic heterocycles. The fourth-order valence-corrected chi connectivity index (χ4v) is 7.13. The van der Waals surface area contributed by atoms with Gasteiger partial charge in [-0.2, -0.15) is 0 Å². The maximum Gasteiger partial charge on any atom is -0.0349 e. The second kappa shape index (κ2) is 24.2. The minimum Gasteiger partial charge on any atom is -0.0628 e. The van der Waals surface area contributed by atoms with Gasteiger partial charge < -0.3 is 0 Å². The van der Waals surface area contributed by atoms with Crippen LogP contribution in [-0.4, -0.2) is 0 Å². The van der Waals surface area contributed by atoms with E-state index < -0.39 is 0 Å². The van der Waals surface area contributed by atoms with Crippen LogP contribution in [0.4, 0.5) is 0 Å². The smallest absolute Gasteiger partial charge is 0.0349 e. The highest BCUT2D eigenvalue weighted by molar-refractivity contribution is 4.74. The molecule has 0 N–H and O–H groups in total. The van der Waals surface area contributed by atoms with Crippen LogP contribution in [-0.2, 0) is 0 Å². The zero-order chi connectivity index (χ0) is 35.4. The molecule has 0 saturated heterocycles. The molecule has 0 aliphatic rings. The van der Waals surface area contributed by atoms with Crippen LogP contribution in [0.25, 0.3) is 0 Å². The van der Waals surface area contributed by atoms with Crippen LogP contribution < -0.4 is 0 Å². The largest absolute Gasteiger partial charge is 0.0628 e. The van der Waals surface area contributed by atoms with Gasteiger partial charge >= 0.3 is 0 Å². The molecule has 0 heteroatoms.